The fourth-order valence-corrected chi connectivity index (χ4v) is 4.45. The van der Waals surface area contributed by atoms with E-state index in [1.165, 1.54) is 36.3 Å². The van der Waals surface area contributed by atoms with Crippen LogP contribution < -0.4 is 20.7 Å². The highest BCUT2D eigenvalue weighted by Crippen LogP contribution is 2.41. The van der Waals surface area contributed by atoms with Crippen LogP contribution in [0, 0.1) is 5.92 Å². The number of aromatic nitrogens is 3. The van der Waals surface area contributed by atoms with Crippen molar-refractivity contribution in [3.05, 3.63) is 36.2 Å². The van der Waals surface area contributed by atoms with Crippen LogP contribution in [0.2, 0.25) is 0 Å². The zero-order valence-corrected chi connectivity index (χ0v) is 18.9. The van der Waals surface area contributed by atoms with Gasteiger partial charge in [-0.1, -0.05) is 17.8 Å². The van der Waals surface area contributed by atoms with Crippen molar-refractivity contribution in [2.75, 3.05) is 31.0 Å². The molecule has 9 nitrogen and oxygen atoms in total. The summed E-state index contributed by atoms with van der Waals surface area (Å²) in [5, 5.41) is 15.5. The van der Waals surface area contributed by atoms with E-state index >= 15 is 0 Å². The highest BCUT2D eigenvalue weighted by molar-refractivity contribution is 8.00. The van der Waals surface area contributed by atoms with E-state index in [9.17, 15) is 9.59 Å². The number of carbonyl (C=O) groups excluding carboxylic acids is 2. The maximum atomic E-state index is 12.7. The number of thiazole rings is 1. The average molecular weight is 474 g/mol. The number of carbonyl (C=O) groups is 2. The van der Waals surface area contributed by atoms with Gasteiger partial charge in [0.1, 0.15) is 4.34 Å². The highest BCUT2D eigenvalue weighted by Gasteiger charge is 2.30. The fourth-order valence-electron chi connectivity index (χ4n) is 3.02. The summed E-state index contributed by atoms with van der Waals surface area (Å²) in [6.45, 7) is -2.71. The Morgan fingerprint density at radius 1 is 1.28 bits per heavy atom. The molecular formula is C21H22N6O3S2. The minimum Gasteiger partial charge on any atom is -0.494 e. The molecule has 166 valence electrons. The molecule has 32 heavy (non-hydrogen) atoms. The zero-order valence-electron chi connectivity index (χ0n) is 20.3. The number of anilines is 3. The molecule has 1 aliphatic carbocycles. The maximum Gasteiger partial charge on any atom is 0.273 e. The molecule has 0 aliphatic heterocycles. The van der Waals surface area contributed by atoms with Gasteiger partial charge in [0.25, 0.3) is 5.91 Å². The van der Waals surface area contributed by atoms with Crippen molar-refractivity contribution in [2.45, 2.75) is 17.2 Å². The van der Waals surface area contributed by atoms with Gasteiger partial charge in [0.2, 0.25) is 5.91 Å². The molecule has 11 heteroatoms. The number of nitrogens with one attached hydrogen (secondary N) is 3. The summed E-state index contributed by atoms with van der Waals surface area (Å²) in [5.74, 6) is -0.556. The monoisotopic (exact) mass is 473 g/mol. The van der Waals surface area contributed by atoms with Gasteiger partial charge >= 0.3 is 0 Å². The lowest BCUT2D eigenvalue weighted by molar-refractivity contribution is -0.117. The van der Waals surface area contributed by atoms with Gasteiger partial charge in [0.05, 0.1) is 23.4 Å². The number of rotatable bonds is 8. The van der Waals surface area contributed by atoms with Crippen LogP contribution >= 0.6 is 23.1 Å². The second kappa shape index (κ2) is 9.53. The smallest absolute Gasteiger partial charge is 0.273 e. The lowest BCUT2D eigenvalue weighted by atomic mass is 10.1. The van der Waals surface area contributed by atoms with Crippen LogP contribution in [0.25, 0.3) is 10.4 Å². The summed E-state index contributed by atoms with van der Waals surface area (Å²) < 4.78 is 28.6. The van der Waals surface area contributed by atoms with E-state index in [2.05, 4.69) is 25.8 Å². The van der Waals surface area contributed by atoms with E-state index in [1.54, 1.807) is 12.3 Å². The van der Waals surface area contributed by atoms with Crippen molar-refractivity contribution in [1.29, 1.82) is 0 Å². The number of hydrogen-bond acceptors (Lipinski definition) is 9. The van der Waals surface area contributed by atoms with Crippen LogP contribution in [0.4, 0.5) is 17.2 Å². The normalized spacial score (nSPS) is 14.6. The number of methoxy groups -OCH3 is 1. The molecule has 1 fully saturated rings. The van der Waals surface area contributed by atoms with E-state index in [-0.39, 0.29) is 29.0 Å². The van der Waals surface area contributed by atoms with Crippen LogP contribution in [-0.4, -0.2) is 47.3 Å². The van der Waals surface area contributed by atoms with E-state index < -0.39 is 12.9 Å². The largest absolute Gasteiger partial charge is 0.494 e. The number of para-hydroxylation sites is 1. The van der Waals surface area contributed by atoms with E-state index in [4.69, 9.17) is 8.85 Å². The first-order valence-corrected chi connectivity index (χ1v) is 11.7. The number of benzene rings is 1. The summed E-state index contributed by atoms with van der Waals surface area (Å²) >= 11 is 3.05. The van der Waals surface area contributed by atoms with Crippen molar-refractivity contribution in [3.8, 4) is 16.2 Å². The number of amides is 2. The third-order valence-electron chi connectivity index (χ3n) is 4.73. The molecule has 1 aliphatic rings. The molecule has 3 aromatic rings. The molecule has 2 heterocycles. The molecule has 0 spiro atoms. The molecule has 1 saturated carbocycles. The first-order valence-electron chi connectivity index (χ1n) is 11.1. The quantitative estimate of drug-likeness (QED) is 0.423. The number of thioether (sulfide) groups is 1. The Hall–Kier alpha value is -3.18. The third-order valence-corrected chi connectivity index (χ3v) is 6.76. The summed E-state index contributed by atoms with van der Waals surface area (Å²) in [6, 6.07) is 6.88. The SMILES string of the molecule is [2H]C([2H])([2H])NC(=O)c1nnc(NC(=O)C2CC2)cc1Nc1cccc(-c2cnc(SC)s2)c1OC. The standard InChI is InChI=1S/C21H22N6O3S2/c1-22-20(29)17-14(9-16(26-27-17)25-19(28)11-7-8-11)24-13-6-4-5-12(18(13)30-2)15-10-23-21(31-3)32-15/h4-6,9-11H,7-8H2,1-3H3,(H,22,29)(H2,24,25,26,28)/i1D3. The highest BCUT2D eigenvalue weighted by atomic mass is 32.2. The molecule has 0 bridgehead atoms. The molecule has 0 unspecified atom stereocenters. The van der Waals surface area contributed by atoms with Gasteiger partial charge in [-0.15, -0.1) is 21.5 Å². The predicted molar refractivity (Wildman–Crippen MR) is 126 cm³/mol. The molecular weight excluding hydrogens is 448 g/mol. The van der Waals surface area contributed by atoms with Gasteiger partial charge in [0.15, 0.2) is 17.3 Å². The Bertz CT molecular complexity index is 1260. The first kappa shape index (κ1) is 18.4. The van der Waals surface area contributed by atoms with Crippen LogP contribution in [0.1, 0.15) is 27.4 Å². The van der Waals surface area contributed by atoms with Gasteiger partial charge in [-0.25, -0.2) is 4.98 Å². The zero-order chi connectivity index (χ0) is 25.2. The second-order valence-corrected chi connectivity index (χ2v) is 9.00. The number of nitrogens with zero attached hydrogens (tertiary/aromatic N) is 3. The van der Waals surface area contributed by atoms with Crippen LogP contribution in [0.15, 0.2) is 34.8 Å². The average Bonchev–Trinajstić information content (AvgIpc) is 3.55. The minimum absolute atomic E-state index is 0.0610. The van der Waals surface area contributed by atoms with Gasteiger partial charge in [0, 0.05) is 34.8 Å². The Morgan fingerprint density at radius 2 is 2.12 bits per heavy atom. The van der Waals surface area contributed by atoms with E-state index in [0.29, 0.717) is 11.4 Å². The van der Waals surface area contributed by atoms with Gasteiger partial charge < -0.3 is 20.7 Å². The first-order chi connectivity index (χ1) is 16.7. The Balaban J connectivity index is 1.72. The molecule has 1 aromatic carbocycles. The molecule has 2 amide bonds. The lowest BCUT2D eigenvalue weighted by Gasteiger charge is -2.16. The van der Waals surface area contributed by atoms with Crippen LogP contribution in [0.5, 0.6) is 5.75 Å². The number of hydrogen-bond donors (Lipinski definition) is 3. The van der Waals surface area contributed by atoms with Crippen molar-refractivity contribution in [1.82, 2.24) is 20.5 Å². The Labute approximate surface area is 197 Å². The molecule has 4 rings (SSSR count). The van der Waals surface area contributed by atoms with Crippen molar-refractivity contribution < 1.29 is 18.4 Å². The molecule has 0 saturated heterocycles. The van der Waals surface area contributed by atoms with E-state index in [0.717, 1.165) is 27.6 Å². The van der Waals surface area contributed by atoms with Crippen molar-refractivity contribution in [2.24, 2.45) is 5.92 Å². The molecule has 2 aromatic heterocycles. The lowest BCUT2D eigenvalue weighted by Crippen LogP contribution is -2.22. The molecule has 0 radical (unpaired) electrons. The van der Waals surface area contributed by atoms with Crippen molar-refractivity contribution in [3.63, 3.8) is 0 Å². The van der Waals surface area contributed by atoms with Crippen LogP contribution in [-0.2, 0) is 4.79 Å². The Kier molecular flexibility index (Phi) is 5.48. The number of ether oxygens (including phenoxy) is 1. The summed E-state index contributed by atoms with van der Waals surface area (Å²) in [4.78, 5) is 30.1. The Morgan fingerprint density at radius 3 is 2.81 bits per heavy atom. The molecule has 3 N–H and O–H groups in total. The fraction of sp³-hybridized carbons (Fsp3) is 0.286. The van der Waals surface area contributed by atoms with Crippen molar-refractivity contribution >= 4 is 52.1 Å². The third kappa shape index (κ3) is 4.68. The summed E-state index contributed by atoms with van der Waals surface area (Å²) in [5.41, 5.74) is 1.19. The van der Waals surface area contributed by atoms with E-state index in [1.807, 2.05) is 23.7 Å². The molecule has 0 atom stereocenters. The second-order valence-electron chi connectivity index (χ2n) is 6.92. The van der Waals surface area contributed by atoms with Gasteiger partial charge in [-0.2, -0.15) is 0 Å². The minimum atomic E-state index is -2.71. The summed E-state index contributed by atoms with van der Waals surface area (Å²) in [7, 11) is 1.52. The predicted octanol–water partition coefficient (Wildman–Crippen LogP) is 3.78. The topological polar surface area (TPSA) is 118 Å². The summed E-state index contributed by atoms with van der Waals surface area (Å²) in [6.07, 6.45) is 5.32. The van der Waals surface area contributed by atoms with Crippen LogP contribution in [0.3, 0.4) is 0 Å². The maximum absolute atomic E-state index is 12.7. The van der Waals surface area contributed by atoms with Gasteiger partial charge in [-0.05, 0) is 31.2 Å². The van der Waals surface area contributed by atoms with Gasteiger partial charge in [-0.3, -0.25) is 9.59 Å².